The summed E-state index contributed by atoms with van der Waals surface area (Å²) in [5, 5.41) is 0. The van der Waals surface area contributed by atoms with Crippen LogP contribution >= 0.6 is 0 Å². The minimum atomic E-state index is -3.27. The average molecular weight is 414 g/mol. The van der Waals surface area contributed by atoms with E-state index in [9.17, 15) is 22.0 Å². The van der Waals surface area contributed by atoms with E-state index in [0.717, 1.165) is 0 Å². The number of ether oxygens (including phenoxy) is 2. The van der Waals surface area contributed by atoms with Gasteiger partial charge in [0.1, 0.15) is 0 Å². The number of hydrogen-bond donors (Lipinski definition) is 0. The average Bonchev–Trinajstić information content (AvgIpc) is 2.67. The Hall–Kier alpha value is -2.31. The van der Waals surface area contributed by atoms with Gasteiger partial charge in [0.2, 0.25) is 5.82 Å². The fourth-order valence-electron chi connectivity index (χ4n) is 3.95. The molecule has 0 N–H and O–H groups in total. The summed E-state index contributed by atoms with van der Waals surface area (Å²) in [6, 6.07) is 6.56. The number of alkyl halides is 2. The molecular formula is C22H23F5O2. The second-order valence-electron chi connectivity index (χ2n) is 7.13. The third-order valence-electron chi connectivity index (χ3n) is 5.31. The maximum absolute atomic E-state index is 14.9. The van der Waals surface area contributed by atoms with Crippen molar-refractivity contribution in [3.63, 3.8) is 0 Å². The van der Waals surface area contributed by atoms with E-state index in [-0.39, 0.29) is 30.1 Å². The van der Waals surface area contributed by atoms with Crippen molar-refractivity contribution in [2.24, 2.45) is 0 Å². The van der Waals surface area contributed by atoms with E-state index in [1.54, 1.807) is 19.9 Å². The Balaban J connectivity index is 1.82. The number of benzene rings is 2. The molecule has 29 heavy (non-hydrogen) atoms. The summed E-state index contributed by atoms with van der Waals surface area (Å²) in [6.45, 7) is 3.77. The molecule has 2 aromatic rings. The van der Waals surface area contributed by atoms with Crippen molar-refractivity contribution >= 4 is 0 Å². The van der Waals surface area contributed by atoms with E-state index < -0.39 is 41.6 Å². The van der Waals surface area contributed by atoms with Crippen molar-refractivity contribution in [3.05, 3.63) is 58.9 Å². The van der Waals surface area contributed by atoms with Gasteiger partial charge in [-0.25, -0.2) is 17.6 Å². The summed E-state index contributed by atoms with van der Waals surface area (Å²) in [6.07, 6.45) is -0.307. The Labute approximate surface area is 166 Å². The van der Waals surface area contributed by atoms with Crippen LogP contribution in [0.25, 0.3) is 0 Å². The lowest BCUT2D eigenvalue weighted by Gasteiger charge is -2.36. The second-order valence-corrected chi connectivity index (χ2v) is 7.13. The zero-order valence-corrected chi connectivity index (χ0v) is 16.3. The minimum absolute atomic E-state index is 0.0448. The van der Waals surface area contributed by atoms with Crippen LogP contribution < -0.4 is 9.47 Å². The first-order valence-electron chi connectivity index (χ1n) is 9.69. The zero-order valence-electron chi connectivity index (χ0n) is 16.3. The van der Waals surface area contributed by atoms with Gasteiger partial charge in [-0.1, -0.05) is 12.1 Å². The standard InChI is InChI=1S/C22H23F5O2/c1-3-28-18-9-6-13(11-17(18)23)14-5-8-16(22(26,27)12-14)15-7-10-19(29-4-2)21(25)20(15)24/h6-7,9-11,14,16H,3-5,8,12H2,1-2H3. The monoisotopic (exact) mass is 414 g/mol. The molecule has 0 aliphatic heterocycles. The van der Waals surface area contributed by atoms with Gasteiger partial charge in [-0.15, -0.1) is 0 Å². The largest absolute Gasteiger partial charge is 0.491 e. The first-order valence-corrected chi connectivity index (χ1v) is 9.69. The molecule has 158 valence electrons. The maximum atomic E-state index is 14.9. The number of rotatable bonds is 6. The molecule has 1 saturated carbocycles. The maximum Gasteiger partial charge on any atom is 0.255 e. The summed E-state index contributed by atoms with van der Waals surface area (Å²) in [5.41, 5.74) is 0.0923. The van der Waals surface area contributed by atoms with Gasteiger partial charge < -0.3 is 9.47 Å². The Kier molecular flexibility index (Phi) is 6.34. The third-order valence-corrected chi connectivity index (χ3v) is 5.31. The van der Waals surface area contributed by atoms with Crippen molar-refractivity contribution in [3.8, 4) is 11.5 Å². The lowest BCUT2D eigenvalue weighted by molar-refractivity contribution is -0.0625. The molecule has 0 spiro atoms. The quantitative estimate of drug-likeness (QED) is 0.497. The van der Waals surface area contributed by atoms with Crippen LogP contribution in [0.15, 0.2) is 30.3 Å². The Bertz CT molecular complexity index is 869. The van der Waals surface area contributed by atoms with Gasteiger partial charge in [-0.05, 0) is 56.4 Å². The van der Waals surface area contributed by atoms with Crippen LogP contribution in [0, 0.1) is 17.5 Å². The van der Waals surface area contributed by atoms with E-state index in [2.05, 4.69) is 0 Å². The third kappa shape index (κ3) is 4.33. The fourth-order valence-corrected chi connectivity index (χ4v) is 3.95. The Morgan fingerprint density at radius 2 is 1.55 bits per heavy atom. The van der Waals surface area contributed by atoms with E-state index in [1.165, 1.54) is 24.3 Å². The molecule has 1 fully saturated rings. The molecule has 7 heteroatoms. The van der Waals surface area contributed by atoms with Crippen LogP contribution in [-0.2, 0) is 0 Å². The van der Waals surface area contributed by atoms with Gasteiger partial charge >= 0.3 is 0 Å². The van der Waals surface area contributed by atoms with Crippen molar-refractivity contribution in [1.82, 2.24) is 0 Å². The van der Waals surface area contributed by atoms with Gasteiger partial charge in [-0.2, -0.15) is 4.39 Å². The van der Waals surface area contributed by atoms with Crippen molar-refractivity contribution in [1.29, 1.82) is 0 Å². The van der Waals surface area contributed by atoms with Crippen LogP contribution in [0.2, 0.25) is 0 Å². The molecule has 2 nitrogen and oxygen atoms in total. The topological polar surface area (TPSA) is 18.5 Å². The minimum Gasteiger partial charge on any atom is -0.491 e. The molecular weight excluding hydrogens is 391 g/mol. The Morgan fingerprint density at radius 1 is 0.897 bits per heavy atom. The predicted octanol–water partition coefficient (Wildman–Crippen LogP) is 6.59. The lowest BCUT2D eigenvalue weighted by Crippen LogP contribution is -2.34. The molecule has 3 rings (SSSR count). The zero-order chi connectivity index (χ0) is 21.2. The van der Waals surface area contributed by atoms with E-state index in [1.807, 2.05) is 0 Å². The first-order chi connectivity index (χ1) is 13.8. The highest BCUT2D eigenvalue weighted by Crippen LogP contribution is 2.51. The molecule has 1 aliphatic rings. The highest BCUT2D eigenvalue weighted by molar-refractivity contribution is 5.36. The second kappa shape index (κ2) is 8.59. The van der Waals surface area contributed by atoms with Crippen molar-refractivity contribution in [2.45, 2.75) is 50.9 Å². The summed E-state index contributed by atoms with van der Waals surface area (Å²) in [5.74, 6) is -8.67. The van der Waals surface area contributed by atoms with Crippen molar-refractivity contribution in [2.75, 3.05) is 13.2 Å². The molecule has 0 radical (unpaired) electrons. The van der Waals surface area contributed by atoms with E-state index in [4.69, 9.17) is 9.47 Å². The van der Waals surface area contributed by atoms with Crippen LogP contribution in [0.3, 0.4) is 0 Å². The van der Waals surface area contributed by atoms with Crippen LogP contribution in [-0.4, -0.2) is 19.1 Å². The molecule has 0 bridgehead atoms. The molecule has 2 atom stereocenters. The van der Waals surface area contributed by atoms with Gasteiger partial charge in [-0.3, -0.25) is 0 Å². The van der Waals surface area contributed by atoms with Gasteiger partial charge in [0.15, 0.2) is 23.1 Å². The fraction of sp³-hybridized carbons (Fsp3) is 0.455. The molecule has 0 saturated heterocycles. The predicted molar refractivity (Wildman–Crippen MR) is 99.4 cm³/mol. The van der Waals surface area contributed by atoms with E-state index >= 15 is 0 Å². The molecule has 1 aliphatic carbocycles. The Morgan fingerprint density at radius 3 is 2.17 bits per heavy atom. The molecule has 0 amide bonds. The highest BCUT2D eigenvalue weighted by atomic mass is 19.3. The first kappa shape index (κ1) is 21.4. The van der Waals surface area contributed by atoms with Crippen LogP contribution in [0.1, 0.15) is 56.1 Å². The smallest absolute Gasteiger partial charge is 0.255 e. The van der Waals surface area contributed by atoms with E-state index in [0.29, 0.717) is 18.6 Å². The van der Waals surface area contributed by atoms with Gasteiger partial charge in [0, 0.05) is 12.0 Å². The van der Waals surface area contributed by atoms with Gasteiger partial charge in [0.05, 0.1) is 19.1 Å². The molecule has 2 unspecified atom stereocenters. The summed E-state index contributed by atoms with van der Waals surface area (Å²) >= 11 is 0. The summed E-state index contributed by atoms with van der Waals surface area (Å²) < 4.78 is 82.6. The van der Waals surface area contributed by atoms with Crippen LogP contribution in [0.4, 0.5) is 22.0 Å². The highest BCUT2D eigenvalue weighted by Gasteiger charge is 2.47. The SMILES string of the molecule is CCOc1ccc(C2CCC(c3ccc(OCC)c(F)c3F)C(F)(F)C2)cc1F. The molecule has 0 heterocycles. The lowest BCUT2D eigenvalue weighted by atomic mass is 9.73. The number of halogens is 5. The van der Waals surface area contributed by atoms with Gasteiger partial charge in [0.25, 0.3) is 5.92 Å². The summed E-state index contributed by atoms with van der Waals surface area (Å²) in [4.78, 5) is 0. The summed E-state index contributed by atoms with van der Waals surface area (Å²) in [7, 11) is 0. The van der Waals surface area contributed by atoms with Crippen LogP contribution in [0.5, 0.6) is 11.5 Å². The molecule has 2 aromatic carbocycles. The van der Waals surface area contributed by atoms with Crippen molar-refractivity contribution < 1.29 is 31.4 Å². The number of hydrogen-bond acceptors (Lipinski definition) is 2. The normalized spacial score (nSPS) is 21.1. The molecule has 0 aromatic heterocycles.